The molecule has 0 aliphatic rings. The van der Waals surface area contributed by atoms with E-state index in [0.29, 0.717) is 16.5 Å². The zero-order valence-electron chi connectivity index (χ0n) is 9.50. The molecule has 0 saturated carbocycles. The van der Waals surface area contributed by atoms with Crippen molar-refractivity contribution in [1.29, 1.82) is 0 Å². The Kier molecular flexibility index (Phi) is 2.75. The predicted octanol–water partition coefficient (Wildman–Crippen LogP) is 2.25. The van der Waals surface area contributed by atoms with Crippen LogP contribution in [0.5, 0.6) is 5.75 Å². The van der Waals surface area contributed by atoms with E-state index in [1.165, 1.54) is 19.2 Å². The first-order valence-electron chi connectivity index (χ1n) is 5.09. The molecule has 0 bridgehead atoms. The maximum Gasteiger partial charge on any atom is 0.307 e. The molecule has 0 saturated heterocycles. The fraction of sp³-hybridized carbons (Fsp3) is 0.250. The van der Waals surface area contributed by atoms with Gasteiger partial charge in [0.2, 0.25) is 0 Å². The van der Waals surface area contributed by atoms with Crippen LogP contribution in [-0.4, -0.2) is 23.2 Å². The Bertz CT molecular complexity index is 589. The number of rotatable bonds is 3. The minimum absolute atomic E-state index is 0.0966. The fourth-order valence-corrected chi connectivity index (χ4v) is 1.92. The topological polar surface area (TPSA) is 62.3 Å². The second-order valence-corrected chi connectivity index (χ2v) is 3.83. The molecule has 2 aromatic rings. The van der Waals surface area contributed by atoms with Gasteiger partial charge in [-0.05, 0) is 18.6 Å². The van der Waals surface area contributed by atoms with Crippen LogP contribution in [0.3, 0.4) is 0 Å². The number of hydrogen-bond acceptors (Lipinski definition) is 2. The minimum Gasteiger partial charge on any atom is -0.494 e. The SMILES string of the molecule is COc1cc2c(CC(=O)O)c(C)[nH]c2cc1F. The summed E-state index contributed by atoms with van der Waals surface area (Å²) in [5, 5.41) is 9.51. The minimum atomic E-state index is -0.919. The molecule has 0 radical (unpaired) electrons. The van der Waals surface area contributed by atoms with E-state index in [0.717, 1.165) is 5.69 Å². The maximum absolute atomic E-state index is 13.5. The third kappa shape index (κ3) is 1.95. The first-order chi connectivity index (χ1) is 8.02. The lowest BCUT2D eigenvalue weighted by molar-refractivity contribution is -0.136. The molecule has 1 aromatic heterocycles. The quantitative estimate of drug-likeness (QED) is 0.860. The molecule has 0 aliphatic heterocycles. The van der Waals surface area contributed by atoms with Crippen molar-refractivity contribution >= 4 is 16.9 Å². The van der Waals surface area contributed by atoms with Crippen molar-refractivity contribution in [2.24, 2.45) is 0 Å². The molecule has 0 amide bonds. The largest absolute Gasteiger partial charge is 0.494 e. The van der Waals surface area contributed by atoms with Gasteiger partial charge in [0.25, 0.3) is 0 Å². The van der Waals surface area contributed by atoms with Gasteiger partial charge >= 0.3 is 5.97 Å². The van der Waals surface area contributed by atoms with E-state index in [1.54, 1.807) is 6.92 Å². The fourth-order valence-electron chi connectivity index (χ4n) is 1.92. The van der Waals surface area contributed by atoms with Crippen molar-refractivity contribution in [2.75, 3.05) is 7.11 Å². The summed E-state index contributed by atoms with van der Waals surface area (Å²) in [5.74, 6) is -1.27. The molecule has 0 spiro atoms. The van der Waals surface area contributed by atoms with Crippen LogP contribution in [0.4, 0.5) is 4.39 Å². The van der Waals surface area contributed by atoms with Gasteiger partial charge in [-0.3, -0.25) is 4.79 Å². The predicted molar refractivity (Wildman–Crippen MR) is 60.9 cm³/mol. The van der Waals surface area contributed by atoms with Crippen molar-refractivity contribution in [1.82, 2.24) is 4.98 Å². The standard InChI is InChI=1S/C12H12FNO3/c1-6-7(4-12(15)16)8-3-11(17-2)9(13)5-10(8)14-6/h3,5,14H,4H2,1-2H3,(H,15,16). The molecule has 17 heavy (non-hydrogen) atoms. The number of carbonyl (C=O) groups is 1. The Morgan fingerprint density at radius 1 is 1.53 bits per heavy atom. The smallest absolute Gasteiger partial charge is 0.307 e. The molecule has 1 aromatic carbocycles. The van der Waals surface area contributed by atoms with Crippen LogP contribution in [0.25, 0.3) is 10.9 Å². The summed E-state index contributed by atoms with van der Waals surface area (Å²) in [6, 6.07) is 2.83. The van der Waals surface area contributed by atoms with E-state index in [-0.39, 0.29) is 12.2 Å². The lowest BCUT2D eigenvalue weighted by atomic mass is 10.1. The van der Waals surface area contributed by atoms with Gasteiger partial charge in [-0.25, -0.2) is 4.39 Å². The second-order valence-electron chi connectivity index (χ2n) is 3.83. The van der Waals surface area contributed by atoms with Gasteiger partial charge in [0.05, 0.1) is 13.5 Å². The molecule has 0 unspecified atom stereocenters. The van der Waals surface area contributed by atoms with Gasteiger partial charge in [0.15, 0.2) is 11.6 Å². The summed E-state index contributed by atoms with van der Waals surface area (Å²) >= 11 is 0. The number of ether oxygens (including phenoxy) is 1. The van der Waals surface area contributed by atoms with E-state index in [2.05, 4.69) is 4.98 Å². The Morgan fingerprint density at radius 2 is 2.24 bits per heavy atom. The number of H-pyrrole nitrogens is 1. The number of aromatic amines is 1. The third-order valence-corrected chi connectivity index (χ3v) is 2.72. The van der Waals surface area contributed by atoms with Crippen LogP contribution >= 0.6 is 0 Å². The number of carboxylic acids is 1. The van der Waals surface area contributed by atoms with Crippen LogP contribution in [0.15, 0.2) is 12.1 Å². The number of hydrogen-bond donors (Lipinski definition) is 2. The van der Waals surface area contributed by atoms with Crippen molar-refractivity contribution in [3.05, 3.63) is 29.2 Å². The van der Waals surface area contributed by atoms with Crippen molar-refractivity contribution < 1.29 is 19.0 Å². The highest BCUT2D eigenvalue weighted by molar-refractivity contribution is 5.89. The molecule has 0 atom stereocenters. The van der Waals surface area contributed by atoms with E-state index in [4.69, 9.17) is 9.84 Å². The van der Waals surface area contributed by atoms with Crippen LogP contribution in [0, 0.1) is 12.7 Å². The van der Waals surface area contributed by atoms with Crippen LogP contribution in [-0.2, 0) is 11.2 Å². The number of nitrogens with one attached hydrogen (secondary N) is 1. The van der Waals surface area contributed by atoms with Crippen molar-refractivity contribution in [2.45, 2.75) is 13.3 Å². The highest BCUT2D eigenvalue weighted by Crippen LogP contribution is 2.29. The van der Waals surface area contributed by atoms with Crippen LogP contribution < -0.4 is 4.74 Å². The molecule has 2 N–H and O–H groups in total. The normalized spacial score (nSPS) is 10.8. The number of carboxylic acid groups (broad SMARTS) is 1. The van der Waals surface area contributed by atoms with Gasteiger partial charge in [0, 0.05) is 22.7 Å². The molecule has 2 rings (SSSR count). The van der Waals surface area contributed by atoms with Crippen LogP contribution in [0.2, 0.25) is 0 Å². The molecule has 0 aliphatic carbocycles. The Labute approximate surface area is 97.0 Å². The monoisotopic (exact) mass is 237 g/mol. The van der Waals surface area contributed by atoms with E-state index in [9.17, 15) is 9.18 Å². The molecular formula is C12H12FNO3. The van der Waals surface area contributed by atoms with E-state index in [1.807, 2.05) is 0 Å². The number of aryl methyl sites for hydroxylation is 1. The third-order valence-electron chi connectivity index (χ3n) is 2.72. The van der Waals surface area contributed by atoms with Crippen molar-refractivity contribution in [3.8, 4) is 5.75 Å². The Morgan fingerprint density at radius 3 is 2.82 bits per heavy atom. The van der Waals surface area contributed by atoms with Crippen molar-refractivity contribution in [3.63, 3.8) is 0 Å². The Hall–Kier alpha value is -2.04. The second kappa shape index (κ2) is 4.08. The average Bonchev–Trinajstić information content (AvgIpc) is 2.53. The highest BCUT2D eigenvalue weighted by Gasteiger charge is 2.14. The first kappa shape index (κ1) is 11.4. The Balaban J connectivity index is 2.66. The lowest BCUT2D eigenvalue weighted by Crippen LogP contribution is -2.00. The first-order valence-corrected chi connectivity index (χ1v) is 5.09. The molecule has 1 heterocycles. The summed E-state index contributed by atoms with van der Waals surface area (Å²) in [6.45, 7) is 1.77. The number of methoxy groups -OCH3 is 1. The summed E-state index contributed by atoms with van der Waals surface area (Å²) in [7, 11) is 1.38. The molecular weight excluding hydrogens is 225 g/mol. The highest BCUT2D eigenvalue weighted by atomic mass is 19.1. The van der Waals surface area contributed by atoms with Crippen LogP contribution in [0.1, 0.15) is 11.3 Å². The van der Waals surface area contributed by atoms with E-state index >= 15 is 0 Å². The van der Waals surface area contributed by atoms with Gasteiger partial charge in [-0.2, -0.15) is 0 Å². The van der Waals surface area contributed by atoms with Gasteiger partial charge < -0.3 is 14.8 Å². The zero-order chi connectivity index (χ0) is 12.6. The van der Waals surface area contributed by atoms with E-state index < -0.39 is 11.8 Å². The molecule has 90 valence electrons. The molecule has 4 nitrogen and oxygen atoms in total. The average molecular weight is 237 g/mol. The maximum atomic E-state index is 13.5. The van der Waals surface area contributed by atoms with Gasteiger partial charge in [0.1, 0.15) is 0 Å². The zero-order valence-corrected chi connectivity index (χ0v) is 9.50. The summed E-state index contributed by atoms with van der Waals surface area (Å²) in [4.78, 5) is 13.7. The number of aromatic nitrogens is 1. The molecule has 0 fully saturated rings. The summed E-state index contributed by atoms with van der Waals surface area (Å²) in [6.07, 6.45) is -0.0966. The van der Waals surface area contributed by atoms with Gasteiger partial charge in [-0.1, -0.05) is 0 Å². The lowest BCUT2D eigenvalue weighted by Gasteiger charge is -2.02. The molecule has 5 heteroatoms. The van der Waals surface area contributed by atoms with Gasteiger partial charge in [-0.15, -0.1) is 0 Å². The summed E-state index contributed by atoms with van der Waals surface area (Å²) in [5.41, 5.74) is 1.97. The number of halogens is 1. The summed E-state index contributed by atoms with van der Waals surface area (Å²) < 4.78 is 18.3. The number of aliphatic carboxylic acids is 1. The number of fused-ring (bicyclic) bond motifs is 1. The number of benzene rings is 1.